The van der Waals surface area contributed by atoms with Gasteiger partial charge in [-0.05, 0) is 62.8 Å². The number of hydrogen-bond donors (Lipinski definition) is 1. The summed E-state index contributed by atoms with van der Waals surface area (Å²) in [6.07, 6.45) is 5.32. The van der Waals surface area contributed by atoms with Crippen molar-refractivity contribution >= 4 is 32.7 Å². The minimum atomic E-state index is -2.96. The van der Waals surface area contributed by atoms with E-state index < -0.39 is 18.4 Å². The number of ether oxygens (including phenoxy) is 2. The van der Waals surface area contributed by atoms with Crippen LogP contribution in [-0.4, -0.2) is 46.0 Å². The van der Waals surface area contributed by atoms with Gasteiger partial charge in [-0.2, -0.15) is 8.78 Å². The van der Waals surface area contributed by atoms with Gasteiger partial charge in [0.15, 0.2) is 10.9 Å². The van der Waals surface area contributed by atoms with Crippen molar-refractivity contribution in [2.45, 2.75) is 75.8 Å². The smallest absolute Gasteiger partial charge is 0.387 e. The van der Waals surface area contributed by atoms with E-state index in [0.717, 1.165) is 55.9 Å². The predicted molar refractivity (Wildman–Crippen MR) is 144 cm³/mol. The van der Waals surface area contributed by atoms with Crippen LogP contribution in [0.15, 0.2) is 40.9 Å². The zero-order valence-corrected chi connectivity index (χ0v) is 22.6. The Bertz CT molecular complexity index is 1610. The summed E-state index contributed by atoms with van der Waals surface area (Å²) in [5.74, 6) is -0.788. The number of aromatic nitrogens is 2. The number of carboxylic acid groups (broad SMARTS) is 1. The highest BCUT2D eigenvalue weighted by Crippen LogP contribution is 2.47. The number of carbonyl (C=O) groups is 1. The summed E-state index contributed by atoms with van der Waals surface area (Å²) in [5, 5.41) is 14.2. The maximum absolute atomic E-state index is 14.6. The molecule has 0 amide bonds. The third kappa shape index (κ3) is 4.93. The molecule has 3 atom stereocenters. The van der Waals surface area contributed by atoms with E-state index in [1.807, 2.05) is 0 Å². The highest BCUT2D eigenvalue weighted by atomic mass is 32.1. The van der Waals surface area contributed by atoms with Gasteiger partial charge in [-0.3, -0.25) is 0 Å². The molecule has 2 saturated heterocycles. The number of aromatic carboxylic acids is 1. The molecule has 4 heterocycles. The molecule has 4 aromatic rings. The van der Waals surface area contributed by atoms with E-state index in [4.69, 9.17) is 14.0 Å². The predicted octanol–water partition coefficient (Wildman–Crippen LogP) is 6.98. The molecular weight excluding hydrogens is 559 g/mol. The molecule has 1 aliphatic carbocycles. The molecule has 12 heteroatoms. The van der Waals surface area contributed by atoms with Crippen molar-refractivity contribution in [1.82, 2.24) is 10.1 Å². The summed E-state index contributed by atoms with van der Waals surface area (Å²) >= 11 is 1.31. The summed E-state index contributed by atoms with van der Waals surface area (Å²) in [7, 11) is 0. The number of anilines is 1. The van der Waals surface area contributed by atoms with Crippen LogP contribution >= 0.6 is 11.3 Å². The van der Waals surface area contributed by atoms with Crippen molar-refractivity contribution < 1.29 is 37.1 Å². The van der Waals surface area contributed by atoms with Crippen LogP contribution in [0, 0.1) is 5.82 Å². The van der Waals surface area contributed by atoms with Gasteiger partial charge in [0.2, 0.25) is 0 Å². The summed E-state index contributed by atoms with van der Waals surface area (Å²) in [4.78, 5) is 18.2. The van der Waals surface area contributed by atoms with E-state index in [0.29, 0.717) is 21.1 Å². The standard InChI is InChI=1S/C29H26F3N3O5S/c30-21-9-15(27(36)37)10-23-25(21)33-29(41-23)35-16-7-8-17(35)12-18(11-16)38-13-20-24(34-40-26(20)14-5-6-14)19-3-1-2-4-22(19)39-28(31)32/h1-4,9-10,14,16-18,28H,5-8,11-13H2,(H,36,37)/t16-,17?,18?/m0/s1. The Labute approximate surface area is 236 Å². The lowest BCUT2D eigenvalue weighted by atomic mass is 10.00. The lowest BCUT2D eigenvalue weighted by Gasteiger charge is -2.38. The molecule has 8 nitrogen and oxygen atoms in total. The van der Waals surface area contributed by atoms with Crippen molar-refractivity contribution in [3.8, 4) is 17.0 Å². The lowest BCUT2D eigenvalue weighted by molar-refractivity contribution is -0.0494. The van der Waals surface area contributed by atoms with Crippen LogP contribution in [0.2, 0.25) is 0 Å². The van der Waals surface area contributed by atoms with Crippen molar-refractivity contribution in [1.29, 1.82) is 0 Å². The maximum Gasteiger partial charge on any atom is 0.387 e. The van der Waals surface area contributed by atoms with Gasteiger partial charge in [-0.25, -0.2) is 14.2 Å². The number of halogens is 3. The molecule has 0 spiro atoms. The van der Waals surface area contributed by atoms with Gasteiger partial charge in [-0.15, -0.1) is 0 Å². The topological polar surface area (TPSA) is 97.9 Å². The van der Waals surface area contributed by atoms with Gasteiger partial charge >= 0.3 is 12.6 Å². The Balaban J connectivity index is 1.10. The Kier molecular flexibility index (Phi) is 6.61. The molecule has 2 aromatic heterocycles. The zero-order valence-electron chi connectivity index (χ0n) is 21.8. The summed E-state index contributed by atoms with van der Waals surface area (Å²) < 4.78 is 58.2. The molecule has 2 bridgehead atoms. The second kappa shape index (κ2) is 10.3. The average molecular weight is 586 g/mol. The number of benzene rings is 2. The molecule has 0 radical (unpaired) electrons. The number of hydrogen-bond acceptors (Lipinski definition) is 8. The number of piperidine rings is 1. The van der Waals surface area contributed by atoms with Crippen LogP contribution < -0.4 is 9.64 Å². The minimum Gasteiger partial charge on any atom is -0.478 e. The Hall–Kier alpha value is -3.64. The highest BCUT2D eigenvalue weighted by molar-refractivity contribution is 7.22. The normalized spacial score (nSPS) is 22.1. The van der Waals surface area contributed by atoms with Crippen LogP contribution in [0.25, 0.3) is 21.5 Å². The van der Waals surface area contributed by atoms with E-state index in [1.54, 1.807) is 18.2 Å². The highest BCUT2D eigenvalue weighted by Gasteiger charge is 2.43. The number of alkyl halides is 2. The Morgan fingerprint density at radius 2 is 1.90 bits per heavy atom. The first-order valence-corrected chi connectivity index (χ1v) is 14.4. The SMILES string of the molecule is O=C(O)c1cc(F)c2nc(N3C4CC[C@H]3CC(OCc3c(-c5ccccc5OC(F)F)noc3C3CC3)C4)sc2c1. The van der Waals surface area contributed by atoms with Gasteiger partial charge in [-0.1, -0.05) is 28.6 Å². The first kappa shape index (κ1) is 26.3. The van der Waals surface area contributed by atoms with Crippen molar-refractivity contribution in [2.24, 2.45) is 0 Å². The lowest BCUT2D eigenvalue weighted by Crippen LogP contribution is -2.45. The van der Waals surface area contributed by atoms with E-state index in [-0.39, 0.29) is 47.5 Å². The second-order valence-corrected chi connectivity index (χ2v) is 11.8. The van der Waals surface area contributed by atoms with E-state index >= 15 is 0 Å². The number of para-hydroxylation sites is 1. The Morgan fingerprint density at radius 3 is 2.61 bits per heavy atom. The quantitative estimate of drug-likeness (QED) is 0.225. The molecule has 2 unspecified atom stereocenters. The van der Waals surface area contributed by atoms with Gasteiger partial charge in [0.1, 0.15) is 22.7 Å². The first-order valence-electron chi connectivity index (χ1n) is 13.6. The van der Waals surface area contributed by atoms with Crippen LogP contribution in [0.3, 0.4) is 0 Å². The average Bonchev–Trinajstić information content (AvgIpc) is 3.45. The molecule has 1 N–H and O–H groups in total. The molecule has 7 rings (SSSR count). The number of rotatable bonds is 9. The fraction of sp³-hybridized carbons (Fsp3) is 0.414. The molecule has 2 aliphatic heterocycles. The minimum absolute atomic E-state index is 0.0356. The number of fused-ring (bicyclic) bond motifs is 3. The fourth-order valence-corrected chi connectivity index (χ4v) is 7.35. The second-order valence-electron chi connectivity index (χ2n) is 10.8. The molecular formula is C29H26F3N3O5S. The molecule has 3 aliphatic rings. The first-order chi connectivity index (χ1) is 19.9. The number of carboxylic acids is 1. The third-order valence-corrected chi connectivity index (χ3v) is 9.20. The van der Waals surface area contributed by atoms with Crippen LogP contribution in [0.1, 0.15) is 66.1 Å². The van der Waals surface area contributed by atoms with Gasteiger partial charge < -0.3 is 24.0 Å². The van der Waals surface area contributed by atoms with Gasteiger partial charge in [0.25, 0.3) is 0 Å². The maximum atomic E-state index is 14.6. The largest absolute Gasteiger partial charge is 0.478 e. The molecule has 2 aromatic carbocycles. The number of nitrogens with zero attached hydrogens (tertiary/aromatic N) is 3. The van der Waals surface area contributed by atoms with Crippen LogP contribution in [0.5, 0.6) is 5.75 Å². The summed E-state index contributed by atoms with van der Waals surface area (Å²) in [6, 6.07) is 9.35. The van der Waals surface area contributed by atoms with E-state index in [1.165, 1.54) is 23.5 Å². The molecule has 41 heavy (non-hydrogen) atoms. The van der Waals surface area contributed by atoms with Crippen molar-refractivity contribution in [3.05, 3.63) is 59.1 Å². The van der Waals surface area contributed by atoms with Gasteiger partial charge in [0, 0.05) is 29.1 Å². The summed E-state index contributed by atoms with van der Waals surface area (Å²) in [5.41, 5.74) is 1.76. The Morgan fingerprint density at radius 1 is 1.15 bits per heavy atom. The number of thiazole rings is 1. The fourth-order valence-electron chi connectivity index (χ4n) is 6.19. The van der Waals surface area contributed by atoms with E-state index in [2.05, 4.69) is 15.0 Å². The summed E-state index contributed by atoms with van der Waals surface area (Å²) in [6.45, 7) is -2.72. The monoisotopic (exact) mass is 585 g/mol. The van der Waals surface area contributed by atoms with Gasteiger partial charge in [0.05, 0.1) is 23.0 Å². The van der Waals surface area contributed by atoms with Crippen molar-refractivity contribution in [3.63, 3.8) is 0 Å². The molecule has 3 fully saturated rings. The third-order valence-electron chi connectivity index (χ3n) is 8.18. The van der Waals surface area contributed by atoms with Crippen LogP contribution in [0.4, 0.5) is 18.3 Å². The molecule has 214 valence electrons. The van der Waals surface area contributed by atoms with Crippen LogP contribution in [-0.2, 0) is 11.3 Å². The molecule has 1 saturated carbocycles. The zero-order chi connectivity index (χ0) is 28.2. The van der Waals surface area contributed by atoms with Crippen molar-refractivity contribution in [2.75, 3.05) is 4.90 Å². The van der Waals surface area contributed by atoms with E-state index in [9.17, 15) is 23.1 Å².